The van der Waals surface area contributed by atoms with E-state index in [0.29, 0.717) is 18.9 Å². The third kappa shape index (κ3) is 6.42. The van der Waals surface area contributed by atoms with Crippen molar-refractivity contribution in [2.75, 3.05) is 39.3 Å². The van der Waals surface area contributed by atoms with E-state index in [1.165, 1.54) is 0 Å². The molecule has 6 nitrogen and oxygen atoms in total. The number of carboxylic acid groups (broad SMARTS) is 1. The fourth-order valence-corrected chi connectivity index (χ4v) is 2.20. The number of urea groups is 1. The summed E-state index contributed by atoms with van der Waals surface area (Å²) in [5.41, 5.74) is 0. The summed E-state index contributed by atoms with van der Waals surface area (Å²) in [5, 5.41) is 11.3. The van der Waals surface area contributed by atoms with Gasteiger partial charge in [-0.1, -0.05) is 13.8 Å². The van der Waals surface area contributed by atoms with Crippen LogP contribution in [0.25, 0.3) is 0 Å². The van der Waals surface area contributed by atoms with Gasteiger partial charge in [-0.2, -0.15) is 0 Å². The molecule has 2 N–H and O–H groups in total. The van der Waals surface area contributed by atoms with Crippen molar-refractivity contribution < 1.29 is 14.7 Å². The highest BCUT2D eigenvalue weighted by molar-refractivity contribution is 5.74. The van der Waals surface area contributed by atoms with E-state index in [1.807, 2.05) is 0 Å². The Balaban J connectivity index is 2.16. The molecule has 1 rings (SSSR count). The van der Waals surface area contributed by atoms with Crippen molar-refractivity contribution in [3.05, 3.63) is 0 Å². The number of hydrogen-bond acceptors (Lipinski definition) is 3. The van der Waals surface area contributed by atoms with Gasteiger partial charge >= 0.3 is 12.0 Å². The monoisotopic (exact) mass is 271 g/mol. The van der Waals surface area contributed by atoms with Gasteiger partial charge < -0.3 is 15.3 Å². The Morgan fingerprint density at radius 1 is 1.21 bits per heavy atom. The van der Waals surface area contributed by atoms with Gasteiger partial charge in [0.1, 0.15) is 0 Å². The molecule has 0 saturated carbocycles. The summed E-state index contributed by atoms with van der Waals surface area (Å²) in [4.78, 5) is 26.3. The average Bonchev–Trinajstić information content (AvgIpc) is 2.34. The fourth-order valence-electron chi connectivity index (χ4n) is 2.20. The van der Waals surface area contributed by atoms with Crippen molar-refractivity contribution in [3.63, 3.8) is 0 Å². The van der Waals surface area contributed by atoms with E-state index in [2.05, 4.69) is 24.1 Å². The minimum Gasteiger partial charge on any atom is -0.481 e. The van der Waals surface area contributed by atoms with Crippen LogP contribution in [-0.4, -0.2) is 66.2 Å². The third-order valence-corrected chi connectivity index (χ3v) is 3.13. The van der Waals surface area contributed by atoms with Gasteiger partial charge in [-0.15, -0.1) is 0 Å². The van der Waals surface area contributed by atoms with Crippen LogP contribution in [0.5, 0.6) is 0 Å². The lowest BCUT2D eigenvalue weighted by Gasteiger charge is -2.35. The molecule has 2 amide bonds. The van der Waals surface area contributed by atoms with Crippen molar-refractivity contribution in [1.82, 2.24) is 15.1 Å². The maximum absolute atomic E-state index is 11.8. The number of carbonyl (C=O) groups is 2. The Labute approximate surface area is 114 Å². The minimum absolute atomic E-state index is 0.0745. The molecule has 0 aromatic rings. The molecule has 1 heterocycles. The Hall–Kier alpha value is -1.30. The molecule has 0 unspecified atom stereocenters. The first-order chi connectivity index (χ1) is 8.99. The minimum atomic E-state index is -0.823. The molecule has 0 aromatic heterocycles. The normalized spacial score (nSPS) is 16.7. The van der Waals surface area contributed by atoms with E-state index in [0.717, 1.165) is 32.7 Å². The van der Waals surface area contributed by atoms with E-state index in [-0.39, 0.29) is 12.5 Å². The summed E-state index contributed by atoms with van der Waals surface area (Å²) in [5.74, 6) is -0.173. The predicted molar refractivity (Wildman–Crippen MR) is 73.1 cm³/mol. The third-order valence-electron chi connectivity index (χ3n) is 3.13. The first-order valence-corrected chi connectivity index (χ1v) is 6.96. The van der Waals surface area contributed by atoms with Gasteiger partial charge in [-0.05, 0) is 12.3 Å². The number of nitrogens with zero attached hydrogens (tertiary/aromatic N) is 2. The summed E-state index contributed by atoms with van der Waals surface area (Å²) in [6.07, 6.45) is 0.580. The average molecular weight is 271 g/mol. The number of rotatable bonds is 6. The Morgan fingerprint density at radius 3 is 2.37 bits per heavy atom. The van der Waals surface area contributed by atoms with E-state index in [4.69, 9.17) is 5.11 Å². The van der Waals surface area contributed by atoms with Crippen LogP contribution in [0.2, 0.25) is 0 Å². The lowest BCUT2D eigenvalue weighted by molar-refractivity contribution is -0.137. The second-order valence-electron chi connectivity index (χ2n) is 5.41. The van der Waals surface area contributed by atoms with Gasteiger partial charge in [0.15, 0.2) is 0 Å². The molecule has 0 spiro atoms. The standard InChI is InChI=1S/C13H25N3O3/c1-11(2)10-15-6-8-16(9-7-15)13(19)14-5-3-4-12(17)18/h11H,3-10H2,1-2H3,(H,14,19)(H,17,18). The highest BCUT2D eigenvalue weighted by atomic mass is 16.4. The smallest absolute Gasteiger partial charge is 0.317 e. The van der Waals surface area contributed by atoms with E-state index >= 15 is 0 Å². The lowest BCUT2D eigenvalue weighted by Crippen LogP contribution is -2.52. The molecule has 6 heteroatoms. The molecule has 1 aliphatic heterocycles. The summed E-state index contributed by atoms with van der Waals surface area (Å²) in [6, 6.07) is -0.0745. The summed E-state index contributed by atoms with van der Waals surface area (Å²) >= 11 is 0. The summed E-state index contributed by atoms with van der Waals surface area (Å²) < 4.78 is 0. The van der Waals surface area contributed by atoms with Crippen molar-refractivity contribution in [1.29, 1.82) is 0 Å². The molecule has 110 valence electrons. The first kappa shape index (κ1) is 15.8. The lowest BCUT2D eigenvalue weighted by atomic mass is 10.2. The van der Waals surface area contributed by atoms with E-state index < -0.39 is 5.97 Å². The zero-order chi connectivity index (χ0) is 14.3. The van der Waals surface area contributed by atoms with Crippen LogP contribution in [0, 0.1) is 5.92 Å². The van der Waals surface area contributed by atoms with E-state index in [9.17, 15) is 9.59 Å². The summed E-state index contributed by atoms with van der Waals surface area (Å²) in [6.45, 7) is 9.23. The molecule has 0 aliphatic carbocycles. The Morgan fingerprint density at radius 2 is 1.84 bits per heavy atom. The molecular formula is C13H25N3O3. The maximum atomic E-state index is 11.8. The van der Waals surface area contributed by atoms with Crippen LogP contribution in [0.4, 0.5) is 4.79 Å². The number of aliphatic carboxylic acids is 1. The predicted octanol–water partition coefficient (Wildman–Crippen LogP) is 0.834. The van der Waals surface area contributed by atoms with Crippen LogP contribution in [0.15, 0.2) is 0 Å². The van der Waals surface area contributed by atoms with Crippen molar-refractivity contribution in [2.45, 2.75) is 26.7 Å². The molecule has 0 radical (unpaired) electrons. The van der Waals surface area contributed by atoms with Gasteiger partial charge in [0.25, 0.3) is 0 Å². The van der Waals surface area contributed by atoms with Gasteiger partial charge in [0.05, 0.1) is 0 Å². The molecule has 1 fully saturated rings. The highest BCUT2D eigenvalue weighted by Gasteiger charge is 2.20. The number of piperazine rings is 1. The van der Waals surface area contributed by atoms with Crippen LogP contribution >= 0.6 is 0 Å². The maximum Gasteiger partial charge on any atom is 0.317 e. The molecular weight excluding hydrogens is 246 g/mol. The second kappa shape index (κ2) is 7.99. The number of carbonyl (C=O) groups excluding carboxylic acids is 1. The van der Waals surface area contributed by atoms with Gasteiger partial charge in [0, 0.05) is 45.7 Å². The quantitative estimate of drug-likeness (QED) is 0.702. The van der Waals surface area contributed by atoms with Gasteiger partial charge in [0.2, 0.25) is 0 Å². The topological polar surface area (TPSA) is 72.9 Å². The first-order valence-electron chi connectivity index (χ1n) is 6.96. The van der Waals surface area contributed by atoms with Crippen LogP contribution < -0.4 is 5.32 Å². The second-order valence-corrected chi connectivity index (χ2v) is 5.41. The van der Waals surface area contributed by atoms with E-state index in [1.54, 1.807) is 4.90 Å². The zero-order valence-corrected chi connectivity index (χ0v) is 11.9. The number of amides is 2. The number of carboxylic acids is 1. The van der Waals surface area contributed by atoms with Crippen molar-refractivity contribution in [2.24, 2.45) is 5.92 Å². The van der Waals surface area contributed by atoms with Crippen LogP contribution in [0.1, 0.15) is 26.7 Å². The Bertz CT molecular complexity index is 300. The number of nitrogens with one attached hydrogen (secondary N) is 1. The van der Waals surface area contributed by atoms with Crippen molar-refractivity contribution in [3.8, 4) is 0 Å². The van der Waals surface area contributed by atoms with Crippen molar-refractivity contribution >= 4 is 12.0 Å². The van der Waals surface area contributed by atoms with Gasteiger partial charge in [-0.3, -0.25) is 9.69 Å². The largest absolute Gasteiger partial charge is 0.481 e. The fraction of sp³-hybridized carbons (Fsp3) is 0.846. The summed E-state index contributed by atoms with van der Waals surface area (Å²) in [7, 11) is 0. The van der Waals surface area contributed by atoms with Crippen LogP contribution in [0.3, 0.4) is 0 Å². The molecule has 0 atom stereocenters. The molecule has 0 bridgehead atoms. The van der Waals surface area contributed by atoms with Crippen LogP contribution in [-0.2, 0) is 4.79 Å². The number of hydrogen-bond donors (Lipinski definition) is 2. The Kier molecular flexibility index (Phi) is 6.62. The zero-order valence-electron chi connectivity index (χ0n) is 11.9. The molecule has 19 heavy (non-hydrogen) atoms. The molecule has 1 aliphatic rings. The SMILES string of the molecule is CC(C)CN1CCN(C(=O)NCCCC(=O)O)CC1. The molecule has 0 aromatic carbocycles. The highest BCUT2D eigenvalue weighted by Crippen LogP contribution is 2.05. The van der Waals surface area contributed by atoms with Gasteiger partial charge in [-0.25, -0.2) is 4.79 Å². The molecule has 1 saturated heterocycles.